The van der Waals surface area contributed by atoms with Crippen LogP contribution in [0.1, 0.15) is 70.9 Å². The topological polar surface area (TPSA) is 114 Å². The van der Waals surface area contributed by atoms with Gasteiger partial charge in [0, 0.05) is 40.7 Å². The van der Waals surface area contributed by atoms with E-state index in [2.05, 4.69) is 31.0 Å². The van der Waals surface area contributed by atoms with Gasteiger partial charge in [0.15, 0.2) is 5.78 Å². The van der Waals surface area contributed by atoms with Gasteiger partial charge in [-0.3, -0.25) is 9.35 Å². The summed E-state index contributed by atoms with van der Waals surface area (Å²) in [4.78, 5) is 16.9. The molecule has 1 aliphatic carbocycles. The lowest BCUT2D eigenvalue weighted by Gasteiger charge is -2.34. The van der Waals surface area contributed by atoms with Gasteiger partial charge in [-0.25, -0.2) is 0 Å². The van der Waals surface area contributed by atoms with Crippen molar-refractivity contribution >= 4 is 27.0 Å². The Bertz CT molecular complexity index is 1420. The molecule has 7 nitrogen and oxygen atoms in total. The summed E-state index contributed by atoms with van der Waals surface area (Å²) < 4.78 is 33.2. The summed E-state index contributed by atoms with van der Waals surface area (Å²) in [6.45, 7) is 4.72. The molecule has 0 unspecified atom stereocenters. The van der Waals surface area contributed by atoms with E-state index < -0.39 is 15.7 Å². The van der Waals surface area contributed by atoms with Gasteiger partial charge in [0.25, 0.3) is 0 Å². The van der Waals surface area contributed by atoms with Crippen LogP contribution in [0, 0.1) is 11.3 Å². The Morgan fingerprint density at radius 1 is 1.16 bits per heavy atom. The highest BCUT2D eigenvalue weighted by molar-refractivity contribution is 7.83. The van der Waals surface area contributed by atoms with E-state index in [9.17, 15) is 23.0 Å². The third kappa shape index (κ3) is 3.08. The second-order valence-electron chi connectivity index (χ2n) is 9.16. The standard InChI is InChI=1S/C24H23N3O4S/c1-24(2)19-12-16(15-7-9-27(10-8-15)32(29,30)31)4-6-17(19)22(28)21-18-5-3-14(13-25)11-20(18)26-23(21)24/h3-6,11-12,15,26H,7-10H2,1-2H3,(H,29,30,31). The Kier molecular flexibility index (Phi) is 4.57. The Morgan fingerprint density at radius 3 is 2.53 bits per heavy atom. The first-order chi connectivity index (χ1) is 15.1. The van der Waals surface area contributed by atoms with Crippen molar-refractivity contribution in [2.24, 2.45) is 0 Å². The van der Waals surface area contributed by atoms with Crippen molar-refractivity contribution in [1.29, 1.82) is 5.26 Å². The number of carbonyl (C=O) groups is 1. The first-order valence-corrected chi connectivity index (χ1v) is 12.0. The van der Waals surface area contributed by atoms with Crippen molar-refractivity contribution in [3.05, 3.63) is 69.9 Å². The van der Waals surface area contributed by atoms with E-state index in [1.54, 1.807) is 12.1 Å². The molecule has 2 aliphatic rings. The van der Waals surface area contributed by atoms with Crippen molar-refractivity contribution in [3.8, 4) is 6.07 Å². The normalized spacial score (nSPS) is 18.9. The van der Waals surface area contributed by atoms with Crippen molar-refractivity contribution in [1.82, 2.24) is 9.29 Å². The number of benzene rings is 2. The van der Waals surface area contributed by atoms with E-state index in [-0.39, 0.29) is 24.8 Å². The molecule has 2 aromatic carbocycles. The van der Waals surface area contributed by atoms with Crippen LogP contribution in [0.25, 0.3) is 10.9 Å². The van der Waals surface area contributed by atoms with Gasteiger partial charge in [-0.1, -0.05) is 38.1 Å². The Hall–Kier alpha value is -2.99. The molecule has 5 rings (SSSR count). The summed E-state index contributed by atoms with van der Waals surface area (Å²) in [6.07, 6.45) is 1.23. The summed E-state index contributed by atoms with van der Waals surface area (Å²) in [5.41, 5.74) is 5.07. The molecular formula is C24H23N3O4S. The minimum atomic E-state index is -4.16. The highest BCUT2D eigenvalue weighted by atomic mass is 32.2. The van der Waals surface area contributed by atoms with Crippen LogP contribution in [0.2, 0.25) is 0 Å². The van der Waals surface area contributed by atoms with Gasteiger partial charge >= 0.3 is 10.3 Å². The monoisotopic (exact) mass is 449 g/mol. The largest absolute Gasteiger partial charge is 0.357 e. The number of rotatable bonds is 2. The van der Waals surface area contributed by atoms with Crippen molar-refractivity contribution in [2.75, 3.05) is 13.1 Å². The number of hydrogen-bond donors (Lipinski definition) is 2. The highest BCUT2D eigenvalue weighted by Crippen LogP contribution is 2.45. The molecule has 3 aromatic rings. The fourth-order valence-corrected chi connectivity index (χ4v) is 5.86. The molecule has 2 N–H and O–H groups in total. The molecule has 0 amide bonds. The van der Waals surface area contributed by atoms with Gasteiger partial charge in [0.05, 0.1) is 17.2 Å². The summed E-state index contributed by atoms with van der Waals surface area (Å²) in [5.74, 6) is 0.129. The van der Waals surface area contributed by atoms with Crippen LogP contribution in [0.4, 0.5) is 0 Å². The number of aromatic amines is 1. The molecule has 2 heterocycles. The fourth-order valence-electron chi connectivity index (χ4n) is 5.19. The molecule has 164 valence electrons. The zero-order valence-electron chi connectivity index (χ0n) is 17.8. The van der Waals surface area contributed by atoms with E-state index in [4.69, 9.17) is 0 Å². The lowest BCUT2D eigenvalue weighted by molar-refractivity contribution is 0.103. The number of aromatic nitrogens is 1. The second kappa shape index (κ2) is 7.01. The fraction of sp³-hybridized carbons (Fsp3) is 0.333. The van der Waals surface area contributed by atoms with Crippen LogP contribution in [-0.2, 0) is 15.7 Å². The van der Waals surface area contributed by atoms with E-state index >= 15 is 0 Å². The van der Waals surface area contributed by atoms with Crippen molar-refractivity contribution < 1.29 is 17.8 Å². The third-order valence-electron chi connectivity index (χ3n) is 6.99. The lowest BCUT2D eigenvalue weighted by atomic mass is 9.70. The molecule has 1 fully saturated rings. The summed E-state index contributed by atoms with van der Waals surface area (Å²) in [7, 11) is -4.16. The van der Waals surface area contributed by atoms with E-state index in [0.717, 1.165) is 32.0 Å². The van der Waals surface area contributed by atoms with Crippen LogP contribution < -0.4 is 0 Å². The number of fused-ring (bicyclic) bond motifs is 4. The third-order valence-corrected chi connectivity index (χ3v) is 8.01. The number of nitrogens with zero attached hydrogens (tertiary/aromatic N) is 2. The second-order valence-corrected chi connectivity index (χ2v) is 10.6. The SMILES string of the molecule is CC1(C)c2cc(C3CCN(S(=O)(=O)O)CC3)ccc2C(=O)c2c1[nH]c1cc(C#N)ccc21. The molecule has 0 atom stereocenters. The molecule has 1 aliphatic heterocycles. The number of carbonyl (C=O) groups excluding carboxylic acids is 1. The lowest BCUT2D eigenvalue weighted by Crippen LogP contribution is -2.37. The van der Waals surface area contributed by atoms with E-state index in [1.807, 2.05) is 18.2 Å². The molecule has 1 saturated heterocycles. The van der Waals surface area contributed by atoms with Gasteiger partial charge in [0.2, 0.25) is 0 Å². The van der Waals surface area contributed by atoms with Crippen LogP contribution >= 0.6 is 0 Å². The summed E-state index contributed by atoms with van der Waals surface area (Å²) >= 11 is 0. The summed E-state index contributed by atoms with van der Waals surface area (Å²) in [6, 6.07) is 13.4. The predicted molar refractivity (Wildman–Crippen MR) is 120 cm³/mol. The molecule has 0 bridgehead atoms. The van der Waals surface area contributed by atoms with Crippen molar-refractivity contribution in [3.63, 3.8) is 0 Å². The number of piperidine rings is 1. The number of nitrogens with one attached hydrogen (secondary N) is 1. The molecule has 1 aromatic heterocycles. The molecule has 0 spiro atoms. The number of hydrogen-bond acceptors (Lipinski definition) is 4. The molecule has 0 radical (unpaired) electrons. The Labute approximate surface area is 186 Å². The van der Waals surface area contributed by atoms with Crippen LogP contribution in [-0.4, -0.2) is 41.1 Å². The zero-order valence-corrected chi connectivity index (χ0v) is 18.7. The van der Waals surface area contributed by atoms with Gasteiger partial charge < -0.3 is 4.98 Å². The predicted octanol–water partition coefficient (Wildman–Crippen LogP) is 3.89. The molecule has 32 heavy (non-hydrogen) atoms. The van der Waals surface area contributed by atoms with Gasteiger partial charge in [-0.05, 0) is 42.0 Å². The van der Waals surface area contributed by atoms with E-state index in [1.165, 1.54) is 0 Å². The van der Waals surface area contributed by atoms with E-state index in [0.29, 0.717) is 29.5 Å². The maximum atomic E-state index is 13.5. The smallest absolute Gasteiger partial charge is 0.335 e. The number of H-pyrrole nitrogens is 1. The molecule has 0 saturated carbocycles. The quantitative estimate of drug-likeness (QED) is 0.576. The molecular weight excluding hydrogens is 426 g/mol. The molecule has 8 heteroatoms. The van der Waals surface area contributed by atoms with Crippen LogP contribution in [0.5, 0.6) is 0 Å². The van der Waals surface area contributed by atoms with Crippen molar-refractivity contribution in [2.45, 2.75) is 38.0 Å². The first-order valence-electron chi connectivity index (χ1n) is 10.6. The maximum Gasteiger partial charge on any atom is 0.335 e. The van der Waals surface area contributed by atoms with Gasteiger partial charge in [-0.15, -0.1) is 0 Å². The Morgan fingerprint density at radius 2 is 1.88 bits per heavy atom. The minimum Gasteiger partial charge on any atom is -0.357 e. The number of ketones is 1. The van der Waals surface area contributed by atoms with Crippen LogP contribution in [0.3, 0.4) is 0 Å². The number of nitriles is 1. The summed E-state index contributed by atoms with van der Waals surface area (Å²) in [5, 5.41) is 10.1. The van der Waals surface area contributed by atoms with Crippen LogP contribution in [0.15, 0.2) is 36.4 Å². The first kappa shape index (κ1) is 20.9. The average Bonchev–Trinajstić information content (AvgIpc) is 3.17. The highest BCUT2D eigenvalue weighted by Gasteiger charge is 2.40. The average molecular weight is 450 g/mol. The van der Waals surface area contributed by atoms with Gasteiger partial charge in [0.1, 0.15) is 0 Å². The zero-order chi connectivity index (χ0) is 22.8. The Balaban J connectivity index is 1.56. The van der Waals surface area contributed by atoms with Gasteiger partial charge in [-0.2, -0.15) is 18.0 Å². The maximum absolute atomic E-state index is 13.5. The minimum absolute atomic E-state index is 0.0296.